The van der Waals surface area contributed by atoms with E-state index in [1.165, 1.54) is 12.1 Å². The maximum Gasteiger partial charge on any atom is 0.239 e. The summed E-state index contributed by atoms with van der Waals surface area (Å²) in [5.41, 5.74) is 6.11. The molecule has 2 N–H and O–H groups in total. The highest BCUT2D eigenvalue weighted by Crippen LogP contribution is 2.45. The third-order valence-electron chi connectivity index (χ3n) is 2.72. The molecule has 112 valence electrons. The molecule has 0 unspecified atom stereocenters. The van der Waals surface area contributed by atoms with Crippen molar-refractivity contribution in [1.29, 1.82) is 0 Å². The van der Waals surface area contributed by atoms with Crippen LogP contribution in [0, 0.1) is 0 Å². The molecule has 1 aromatic rings. The van der Waals surface area contributed by atoms with Gasteiger partial charge in [0.25, 0.3) is 0 Å². The number of benzene rings is 1. The highest BCUT2D eigenvalue weighted by molar-refractivity contribution is 9.42. The molecule has 20 heavy (non-hydrogen) atoms. The van der Waals surface area contributed by atoms with Gasteiger partial charge in [0.1, 0.15) is 0 Å². The molecule has 0 aromatic heterocycles. The lowest BCUT2D eigenvalue weighted by atomic mass is 10.0. The van der Waals surface area contributed by atoms with Gasteiger partial charge in [-0.05, 0) is 66.3 Å². The summed E-state index contributed by atoms with van der Waals surface area (Å²) >= 11 is 8.94. The summed E-state index contributed by atoms with van der Waals surface area (Å²) < 4.78 is 23.1. The molecule has 1 aromatic carbocycles. The highest BCUT2D eigenvalue weighted by Gasteiger charge is 2.39. The van der Waals surface area contributed by atoms with Crippen LogP contribution >= 0.6 is 47.8 Å². The first kappa shape index (κ1) is 18.1. The van der Waals surface area contributed by atoms with E-state index in [2.05, 4.69) is 47.8 Å². The third kappa shape index (κ3) is 3.84. The lowest BCUT2D eigenvalue weighted by Gasteiger charge is -2.16. The summed E-state index contributed by atoms with van der Waals surface area (Å²) in [4.78, 5) is 12.0. The van der Waals surface area contributed by atoms with Crippen LogP contribution in [0.3, 0.4) is 0 Å². The number of nitrogen functional groups attached to an aromatic ring is 1. The van der Waals surface area contributed by atoms with Gasteiger partial charge in [-0.2, -0.15) is 0 Å². The molecule has 0 bridgehead atoms. The van der Waals surface area contributed by atoms with Crippen LogP contribution in [0.5, 0.6) is 0 Å². The number of anilines is 1. The third-order valence-corrected chi connectivity index (χ3v) is 8.10. The minimum absolute atomic E-state index is 0.0173. The van der Waals surface area contributed by atoms with Gasteiger partial charge in [-0.3, -0.25) is 4.79 Å². The first-order valence-electron chi connectivity index (χ1n) is 5.86. The predicted molar refractivity (Wildman–Crippen MR) is 91.4 cm³/mol. The number of Topliss-reactive ketones (excluding diaryl/α,β-unsaturated/α-hetero) is 1. The van der Waals surface area contributed by atoms with Crippen molar-refractivity contribution >= 4 is 69.1 Å². The normalized spacial score (nSPS) is 12.4. The Balaban J connectivity index is 3.31. The largest absolute Gasteiger partial charge is 0.397 e. The number of hydrogen-bond donors (Lipinski definition) is 1. The molecule has 8 heteroatoms. The van der Waals surface area contributed by atoms with Crippen LogP contribution in [0.1, 0.15) is 36.5 Å². The van der Waals surface area contributed by atoms with E-state index in [0.717, 1.165) is 12.8 Å². The average molecular weight is 492 g/mol. The molecule has 0 spiro atoms. The molecule has 0 heterocycles. The van der Waals surface area contributed by atoms with Crippen LogP contribution in [-0.4, -0.2) is 15.7 Å². The Morgan fingerprint density at radius 1 is 1.30 bits per heavy atom. The number of carbonyl (C=O) groups excluding carboxylic acids is 1. The first-order chi connectivity index (χ1) is 9.13. The molecule has 0 aliphatic heterocycles. The van der Waals surface area contributed by atoms with E-state index in [-0.39, 0.29) is 21.9 Å². The van der Waals surface area contributed by atoms with Gasteiger partial charge in [-0.15, -0.1) is 0 Å². The van der Waals surface area contributed by atoms with Gasteiger partial charge in [0.2, 0.25) is 11.3 Å². The number of sulfone groups is 1. The molecule has 0 aliphatic carbocycles. The number of hydrogen-bond acceptors (Lipinski definition) is 4. The number of para-hydroxylation sites is 1. The lowest BCUT2D eigenvalue weighted by molar-refractivity contribution is 0.0980. The maximum atomic E-state index is 12.3. The molecule has 1 rings (SSSR count). The van der Waals surface area contributed by atoms with Crippen molar-refractivity contribution < 1.29 is 13.2 Å². The first-order valence-corrected chi connectivity index (χ1v) is 9.72. The maximum absolute atomic E-state index is 12.3. The minimum Gasteiger partial charge on any atom is -0.397 e. The van der Waals surface area contributed by atoms with Crippen molar-refractivity contribution in [3.8, 4) is 0 Å². The summed E-state index contributed by atoms with van der Waals surface area (Å²) in [6.07, 6.45) is 1.98. The van der Waals surface area contributed by atoms with Crippen LogP contribution in [0.4, 0.5) is 5.69 Å². The molecule has 0 radical (unpaired) electrons. The zero-order valence-electron chi connectivity index (χ0n) is 10.7. The summed E-state index contributed by atoms with van der Waals surface area (Å²) in [5, 5.41) is 0. The zero-order chi connectivity index (χ0) is 15.6. The van der Waals surface area contributed by atoms with Crippen molar-refractivity contribution in [1.82, 2.24) is 0 Å². The molecule has 0 fully saturated rings. The Labute approximate surface area is 143 Å². The monoisotopic (exact) mass is 489 g/mol. The highest BCUT2D eigenvalue weighted by atomic mass is 80.0. The van der Waals surface area contributed by atoms with Crippen LogP contribution in [-0.2, 0) is 9.84 Å². The number of unbranched alkanes of at least 4 members (excludes halogenated alkanes) is 1. The SMILES string of the molecule is CCCCC(=O)c1cccc(S(=O)(=O)C(Br)(Br)Br)c1N. The van der Waals surface area contributed by atoms with E-state index in [0.29, 0.717) is 6.42 Å². The Hall–Kier alpha value is 0.0800. The van der Waals surface area contributed by atoms with E-state index in [9.17, 15) is 13.2 Å². The van der Waals surface area contributed by atoms with Crippen LogP contribution in [0.2, 0.25) is 0 Å². The fraction of sp³-hybridized carbons (Fsp3) is 0.417. The summed E-state index contributed by atoms with van der Waals surface area (Å²) in [6, 6.07) is 4.44. The van der Waals surface area contributed by atoms with Gasteiger partial charge in [0, 0.05) is 12.0 Å². The number of rotatable bonds is 5. The second-order valence-corrected chi connectivity index (χ2v) is 14.6. The number of alkyl halides is 3. The Morgan fingerprint density at radius 2 is 1.90 bits per heavy atom. The molecule has 4 nitrogen and oxygen atoms in total. The number of halogens is 3. The smallest absolute Gasteiger partial charge is 0.239 e. The fourth-order valence-electron chi connectivity index (χ4n) is 1.62. The Bertz CT molecular complexity index is 609. The second-order valence-electron chi connectivity index (χ2n) is 4.19. The molecule has 0 amide bonds. The quantitative estimate of drug-likeness (QED) is 0.380. The summed E-state index contributed by atoms with van der Waals surface area (Å²) in [5.74, 6) is -0.147. The lowest BCUT2D eigenvalue weighted by Crippen LogP contribution is -2.20. The second kappa shape index (κ2) is 6.89. The van der Waals surface area contributed by atoms with Crippen molar-refractivity contribution in [2.24, 2.45) is 0 Å². The molecule has 0 saturated carbocycles. The van der Waals surface area contributed by atoms with Gasteiger partial charge in [0.15, 0.2) is 5.78 Å². The van der Waals surface area contributed by atoms with Crippen LogP contribution in [0.15, 0.2) is 23.1 Å². The van der Waals surface area contributed by atoms with Crippen molar-refractivity contribution in [2.75, 3.05) is 5.73 Å². The number of ketones is 1. The Kier molecular flexibility index (Phi) is 6.25. The van der Waals surface area contributed by atoms with E-state index < -0.39 is 11.3 Å². The average Bonchev–Trinajstić information content (AvgIpc) is 2.34. The van der Waals surface area contributed by atoms with E-state index >= 15 is 0 Å². The molecule has 0 saturated heterocycles. The minimum atomic E-state index is -3.81. The van der Waals surface area contributed by atoms with Gasteiger partial charge in [-0.1, -0.05) is 19.4 Å². The van der Waals surface area contributed by atoms with E-state index in [1.54, 1.807) is 6.07 Å². The van der Waals surface area contributed by atoms with E-state index in [4.69, 9.17) is 5.73 Å². The van der Waals surface area contributed by atoms with Crippen LogP contribution in [0.25, 0.3) is 0 Å². The van der Waals surface area contributed by atoms with E-state index in [1.807, 2.05) is 6.92 Å². The predicted octanol–water partition coefficient (Wildman–Crippen LogP) is 4.21. The molecular weight excluding hydrogens is 478 g/mol. The van der Waals surface area contributed by atoms with Crippen molar-refractivity contribution in [2.45, 2.75) is 32.6 Å². The standard InChI is InChI=1S/C12H14Br3NO3S/c1-2-3-6-9(17)8-5-4-7-10(11(8)16)20(18,19)12(13,14)15/h4-5,7H,2-3,6,16H2,1H3. The van der Waals surface area contributed by atoms with Gasteiger partial charge >= 0.3 is 0 Å². The Morgan fingerprint density at radius 3 is 2.40 bits per heavy atom. The zero-order valence-corrected chi connectivity index (χ0v) is 16.3. The summed E-state index contributed by atoms with van der Waals surface area (Å²) in [6.45, 7) is 1.98. The van der Waals surface area contributed by atoms with Gasteiger partial charge in [-0.25, -0.2) is 8.42 Å². The molecule has 0 aliphatic rings. The molecule has 0 atom stereocenters. The number of carbonyl (C=O) groups is 1. The molecular formula is C12H14Br3NO3S. The topological polar surface area (TPSA) is 77.2 Å². The van der Waals surface area contributed by atoms with Gasteiger partial charge in [0.05, 0.1) is 10.6 Å². The van der Waals surface area contributed by atoms with Gasteiger partial charge < -0.3 is 5.73 Å². The van der Waals surface area contributed by atoms with Crippen molar-refractivity contribution in [3.05, 3.63) is 23.8 Å². The number of nitrogens with two attached hydrogens (primary N) is 1. The summed E-state index contributed by atoms with van der Waals surface area (Å²) in [7, 11) is -3.81. The fourth-order valence-corrected chi connectivity index (χ4v) is 4.09. The van der Waals surface area contributed by atoms with Crippen LogP contribution < -0.4 is 5.73 Å². The van der Waals surface area contributed by atoms with Crippen molar-refractivity contribution in [3.63, 3.8) is 0 Å².